The molecule has 1 amide bonds. The van der Waals surface area contributed by atoms with Gasteiger partial charge in [0, 0.05) is 0 Å². The average molecular weight is 350 g/mol. The summed E-state index contributed by atoms with van der Waals surface area (Å²) in [7, 11) is 1.52. The Labute approximate surface area is 153 Å². The van der Waals surface area contributed by atoms with Gasteiger partial charge >= 0.3 is 0 Å². The summed E-state index contributed by atoms with van der Waals surface area (Å²) < 4.78 is 10.8. The van der Waals surface area contributed by atoms with Crippen molar-refractivity contribution in [3.8, 4) is 17.6 Å². The zero-order chi connectivity index (χ0) is 18.8. The lowest BCUT2D eigenvalue weighted by molar-refractivity contribution is -0.112. The van der Waals surface area contributed by atoms with Gasteiger partial charge in [0.25, 0.3) is 5.91 Å². The van der Waals surface area contributed by atoms with Crippen molar-refractivity contribution < 1.29 is 14.3 Å². The molecule has 0 bridgehead atoms. The highest BCUT2D eigenvalue weighted by Crippen LogP contribution is 2.24. The molecule has 0 spiro atoms. The molecule has 2 rings (SSSR count). The van der Waals surface area contributed by atoms with E-state index >= 15 is 0 Å². The number of para-hydroxylation sites is 2. The minimum Gasteiger partial charge on any atom is -0.495 e. The van der Waals surface area contributed by atoms with Crippen LogP contribution in [0.2, 0.25) is 0 Å². The predicted octanol–water partition coefficient (Wildman–Crippen LogP) is 4.42. The highest BCUT2D eigenvalue weighted by Gasteiger charge is 2.12. The number of methoxy groups -OCH3 is 1. The number of hydrogen-bond donors (Lipinski definition) is 1. The molecule has 0 saturated carbocycles. The maximum Gasteiger partial charge on any atom is 0.266 e. The van der Waals surface area contributed by atoms with Gasteiger partial charge in [0.1, 0.15) is 23.1 Å². The van der Waals surface area contributed by atoms with Crippen molar-refractivity contribution in [3.63, 3.8) is 0 Å². The average Bonchev–Trinajstić information content (AvgIpc) is 2.67. The van der Waals surface area contributed by atoms with Crippen LogP contribution in [0.4, 0.5) is 5.69 Å². The Morgan fingerprint density at radius 1 is 1.19 bits per heavy atom. The van der Waals surface area contributed by atoms with Gasteiger partial charge < -0.3 is 14.8 Å². The summed E-state index contributed by atoms with van der Waals surface area (Å²) in [5.74, 6) is 0.819. The molecule has 5 heteroatoms. The van der Waals surface area contributed by atoms with E-state index in [0.717, 1.165) is 24.2 Å². The lowest BCUT2D eigenvalue weighted by Crippen LogP contribution is -2.14. The van der Waals surface area contributed by atoms with Crippen LogP contribution in [0.1, 0.15) is 25.3 Å². The van der Waals surface area contributed by atoms with Crippen LogP contribution in [0, 0.1) is 11.3 Å². The van der Waals surface area contributed by atoms with E-state index in [2.05, 4.69) is 12.2 Å². The molecule has 0 aliphatic carbocycles. The van der Waals surface area contributed by atoms with Crippen molar-refractivity contribution in [2.24, 2.45) is 0 Å². The first-order valence-electron chi connectivity index (χ1n) is 8.47. The van der Waals surface area contributed by atoms with Gasteiger partial charge in [-0.2, -0.15) is 5.26 Å². The van der Waals surface area contributed by atoms with Crippen LogP contribution >= 0.6 is 0 Å². The Morgan fingerprint density at radius 3 is 2.58 bits per heavy atom. The van der Waals surface area contributed by atoms with Gasteiger partial charge in [-0.25, -0.2) is 0 Å². The quantitative estimate of drug-likeness (QED) is 0.434. The second-order valence-electron chi connectivity index (χ2n) is 5.60. The molecule has 0 aliphatic heterocycles. The summed E-state index contributed by atoms with van der Waals surface area (Å²) in [6.07, 6.45) is 3.62. The Kier molecular flexibility index (Phi) is 7.26. The van der Waals surface area contributed by atoms with Crippen LogP contribution in [0.15, 0.2) is 54.1 Å². The topological polar surface area (TPSA) is 71.3 Å². The van der Waals surface area contributed by atoms with Gasteiger partial charge in [0.05, 0.1) is 19.4 Å². The van der Waals surface area contributed by atoms with E-state index < -0.39 is 5.91 Å². The molecule has 0 atom stereocenters. The van der Waals surface area contributed by atoms with Crippen molar-refractivity contribution in [2.75, 3.05) is 19.0 Å². The van der Waals surface area contributed by atoms with Crippen molar-refractivity contribution in [2.45, 2.75) is 19.8 Å². The van der Waals surface area contributed by atoms with E-state index in [1.54, 1.807) is 30.3 Å². The van der Waals surface area contributed by atoms with E-state index in [1.165, 1.54) is 7.11 Å². The summed E-state index contributed by atoms with van der Waals surface area (Å²) in [5, 5.41) is 12.0. The summed E-state index contributed by atoms with van der Waals surface area (Å²) >= 11 is 0. The number of nitrogens with one attached hydrogen (secondary N) is 1. The number of rotatable bonds is 8. The Balaban J connectivity index is 2.09. The first-order chi connectivity index (χ1) is 12.7. The number of anilines is 1. The molecule has 0 fully saturated rings. The molecular weight excluding hydrogens is 328 g/mol. The number of carbonyl (C=O) groups excluding carboxylic acids is 1. The number of hydrogen-bond acceptors (Lipinski definition) is 4. The van der Waals surface area contributed by atoms with E-state index in [9.17, 15) is 10.1 Å². The summed E-state index contributed by atoms with van der Waals surface area (Å²) in [5.41, 5.74) is 1.27. The fourth-order valence-electron chi connectivity index (χ4n) is 2.25. The van der Waals surface area contributed by atoms with Gasteiger partial charge in [-0.1, -0.05) is 37.6 Å². The first-order valence-corrected chi connectivity index (χ1v) is 8.47. The number of ether oxygens (including phenoxy) is 2. The maximum atomic E-state index is 12.4. The molecule has 0 saturated heterocycles. The van der Waals surface area contributed by atoms with Gasteiger partial charge in [-0.05, 0) is 42.3 Å². The van der Waals surface area contributed by atoms with Crippen LogP contribution < -0.4 is 14.8 Å². The SMILES string of the molecule is CCCCOc1ccc(/C=C(/C#N)C(=O)Nc2ccccc2OC)cc1. The molecular formula is C21H22N2O3. The smallest absolute Gasteiger partial charge is 0.266 e. The van der Waals surface area contributed by atoms with Gasteiger partial charge in [-0.3, -0.25) is 4.79 Å². The van der Waals surface area contributed by atoms with E-state index in [1.807, 2.05) is 30.3 Å². The van der Waals surface area contributed by atoms with Gasteiger partial charge in [0.2, 0.25) is 0 Å². The maximum absolute atomic E-state index is 12.4. The summed E-state index contributed by atoms with van der Waals surface area (Å²) in [6.45, 7) is 2.78. The Hall–Kier alpha value is -3.26. The molecule has 0 aliphatic rings. The number of benzene rings is 2. The van der Waals surface area contributed by atoms with Crippen molar-refractivity contribution in [3.05, 3.63) is 59.7 Å². The second kappa shape index (κ2) is 9.90. The number of carbonyl (C=O) groups is 1. The highest BCUT2D eigenvalue weighted by atomic mass is 16.5. The van der Waals surface area contributed by atoms with Crippen LogP contribution in [-0.2, 0) is 4.79 Å². The second-order valence-corrected chi connectivity index (χ2v) is 5.60. The molecule has 0 aromatic heterocycles. The third kappa shape index (κ3) is 5.38. The third-order valence-corrected chi connectivity index (χ3v) is 3.68. The molecule has 2 aromatic rings. The van der Waals surface area contributed by atoms with Crippen LogP contribution in [0.25, 0.3) is 6.08 Å². The minimum absolute atomic E-state index is 0.00978. The number of nitriles is 1. The largest absolute Gasteiger partial charge is 0.495 e. The lowest BCUT2D eigenvalue weighted by atomic mass is 10.1. The fraction of sp³-hybridized carbons (Fsp3) is 0.238. The fourth-order valence-corrected chi connectivity index (χ4v) is 2.25. The van der Waals surface area contributed by atoms with E-state index in [-0.39, 0.29) is 5.57 Å². The number of unbranched alkanes of at least 4 members (excludes halogenated alkanes) is 1. The monoisotopic (exact) mass is 350 g/mol. The van der Waals surface area contributed by atoms with Crippen molar-refractivity contribution in [1.29, 1.82) is 5.26 Å². The first kappa shape index (κ1) is 19.1. The molecule has 0 unspecified atom stereocenters. The Morgan fingerprint density at radius 2 is 1.92 bits per heavy atom. The molecule has 5 nitrogen and oxygen atoms in total. The summed E-state index contributed by atoms with van der Waals surface area (Å²) in [4.78, 5) is 12.4. The molecule has 2 aromatic carbocycles. The normalized spacial score (nSPS) is 10.7. The molecule has 0 radical (unpaired) electrons. The third-order valence-electron chi connectivity index (χ3n) is 3.68. The van der Waals surface area contributed by atoms with Gasteiger partial charge in [0.15, 0.2) is 0 Å². The molecule has 134 valence electrons. The van der Waals surface area contributed by atoms with Crippen LogP contribution in [0.5, 0.6) is 11.5 Å². The Bertz CT molecular complexity index is 805. The van der Waals surface area contributed by atoms with Crippen molar-refractivity contribution >= 4 is 17.7 Å². The lowest BCUT2D eigenvalue weighted by Gasteiger charge is -2.09. The number of nitrogens with zero attached hydrogens (tertiary/aromatic N) is 1. The molecule has 1 N–H and O–H groups in total. The van der Waals surface area contributed by atoms with Crippen LogP contribution in [0.3, 0.4) is 0 Å². The van der Waals surface area contributed by atoms with E-state index in [4.69, 9.17) is 9.47 Å². The standard InChI is InChI=1S/C21H22N2O3/c1-3-4-13-26-18-11-9-16(10-12-18)14-17(15-22)21(24)23-19-7-5-6-8-20(19)25-2/h5-12,14H,3-4,13H2,1-2H3,(H,23,24)/b17-14-. The minimum atomic E-state index is -0.486. The van der Waals surface area contributed by atoms with E-state index in [0.29, 0.717) is 18.0 Å². The predicted molar refractivity (Wildman–Crippen MR) is 102 cm³/mol. The van der Waals surface area contributed by atoms with Crippen molar-refractivity contribution in [1.82, 2.24) is 0 Å². The summed E-state index contributed by atoms with van der Waals surface area (Å²) in [6, 6.07) is 16.3. The molecule has 0 heterocycles. The number of amides is 1. The molecule has 26 heavy (non-hydrogen) atoms. The van der Waals surface area contributed by atoms with Gasteiger partial charge in [-0.15, -0.1) is 0 Å². The van der Waals surface area contributed by atoms with Crippen LogP contribution in [-0.4, -0.2) is 19.6 Å². The zero-order valence-electron chi connectivity index (χ0n) is 15.0. The highest BCUT2D eigenvalue weighted by molar-refractivity contribution is 6.10. The zero-order valence-corrected chi connectivity index (χ0v) is 15.0.